The fourth-order valence-corrected chi connectivity index (χ4v) is 31.1. The molecule has 14 nitrogen and oxygen atoms in total. The maximum absolute atomic E-state index is 13.5. The molecule has 0 N–H and O–H groups in total. The lowest BCUT2D eigenvalue weighted by atomic mass is 10.2. The van der Waals surface area contributed by atoms with E-state index in [4.69, 9.17) is 25.9 Å². The van der Waals surface area contributed by atoms with Crippen LogP contribution in [-0.2, 0) is 55.2 Å². The molecular weight excluding hydrogens is 965 g/mol. The number of hydrogen-bond donors (Lipinski definition) is 0. The normalized spacial score (nSPS) is 15.4. The van der Waals surface area contributed by atoms with Gasteiger partial charge < -0.3 is 35.7 Å². The van der Waals surface area contributed by atoms with Gasteiger partial charge >= 0.3 is 37.6 Å². The van der Waals surface area contributed by atoms with E-state index in [1.165, 1.54) is 48.6 Å². The second kappa shape index (κ2) is 24.5. The number of esters is 2. The largest absolute Gasteiger partial charge is 0.462 e. The molecule has 0 aliphatic heterocycles. The molecule has 2 aromatic rings. The van der Waals surface area contributed by atoms with Crippen LogP contribution in [0.1, 0.15) is 19.4 Å². The van der Waals surface area contributed by atoms with Gasteiger partial charge in [-0.1, -0.05) is 48.6 Å². The van der Waals surface area contributed by atoms with Gasteiger partial charge in [0.25, 0.3) is 0 Å². The van der Waals surface area contributed by atoms with Gasteiger partial charge in [0.05, 0.1) is 23.0 Å². The molecule has 0 aromatic heterocycles. The first-order chi connectivity index (χ1) is 30.3. The van der Waals surface area contributed by atoms with Crippen molar-refractivity contribution in [3.8, 4) is 0 Å². The zero-order valence-corrected chi connectivity index (χ0v) is 48.1. The van der Waals surface area contributed by atoms with Crippen molar-refractivity contribution in [2.45, 2.75) is 96.0 Å². The molecular formula is C45H72N2O12S2Si5. The van der Waals surface area contributed by atoms with Crippen LogP contribution in [0.2, 0.25) is 65.5 Å². The van der Waals surface area contributed by atoms with Gasteiger partial charge in [0.1, 0.15) is 0 Å². The molecule has 0 fully saturated rings. The van der Waals surface area contributed by atoms with Gasteiger partial charge in [-0.3, -0.25) is 0 Å². The molecule has 21 heteroatoms. The van der Waals surface area contributed by atoms with Crippen LogP contribution in [0.4, 0.5) is 0 Å². The Morgan fingerprint density at radius 1 is 0.636 bits per heavy atom. The lowest BCUT2D eigenvalue weighted by Crippen LogP contribution is -2.61. The zero-order valence-electron chi connectivity index (χ0n) is 41.5. The van der Waals surface area contributed by atoms with Crippen molar-refractivity contribution in [1.82, 2.24) is 9.80 Å². The van der Waals surface area contributed by atoms with Gasteiger partial charge in [-0.05, 0) is 158 Å². The summed E-state index contributed by atoms with van der Waals surface area (Å²) in [6.07, 6.45) is 10.7. The predicted molar refractivity (Wildman–Crippen MR) is 275 cm³/mol. The third-order valence-electron chi connectivity index (χ3n) is 8.89. The Hall–Kier alpha value is -3.76. The summed E-state index contributed by atoms with van der Waals surface area (Å²) in [4.78, 5) is 28.4. The number of rotatable bonds is 26. The van der Waals surface area contributed by atoms with Crippen molar-refractivity contribution in [1.29, 1.82) is 0 Å². The smallest absolute Gasteiger partial charge is 0.350 e. The number of hydrogen-bond acceptors (Lipinski definition) is 14. The molecule has 2 atom stereocenters. The van der Waals surface area contributed by atoms with Crippen LogP contribution < -0.4 is 0 Å². The quantitative estimate of drug-likeness (QED) is 0.0380. The number of sulfone groups is 2. The van der Waals surface area contributed by atoms with Crippen molar-refractivity contribution < 1.29 is 52.4 Å². The summed E-state index contributed by atoms with van der Waals surface area (Å²) in [6, 6.07) is 14.0. The summed E-state index contributed by atoms with van der Waals surface area (Å²) < 4.78 is 92.0. The summed E-state index contributed by atoms with van der Waals surface area (Å²) in [5.74, 6) is -1.90. The van der Waals surface area contributed by atoms with Crippen LogP contribution in [0.3, 0.4) is 0 Å². The van der Waals surface area contributed by atoms with Crippen molar-refractivity contribution in [3.63, 3.8) is 0 Å². The van der Waals surface area contributed by atoms with Crippen molar-refractivity contribution in [2.24, 2.45) is 0 Å². The van der Waals surface area contributed by atoms with Gasteiger partial charge in [-0.25, -0.2) is 26.4 Å². The summed E-state index contributed by atoms with van der Waals surface area (Å²) in [6.45, 7) is 30.7. The summed E-state index contributed by atoms with van der Waals surface area (Å²) in [7, 11) is -18.6. The average Bonchev–Trinajstić information content (AvgIpc) is 3.16. The van der Waals surface area contributed by atoms with E-state index in [1.807, 2.05) is 56.8 Å². The Morgan fingerprint density at radius 2 is 1.09 bits per heavy atom. The standard InChI is InChI=1S/C45H72N2O12S2Si5/c1-17-54-44(48)42(60(50,51)40-25-20-19-21-26-40)28-23-34-47(6)37-39(4)66(16,58-64(13,14)56-62(7,8)9)59-65(15,57-63(10,11)12)36-24-35-46(5)33-22-27-43(45(49)55-18-2)61(52,53)41-31-29-38(3)30-32-41/h19-34,36H,4,17-18,35,37H2,1-3,5-16H3. The minimum absolute atomic E-state index is 0.00134. The zero-order chi connectivity index (χ0) is 50.4. The third-order valence-corrected chi connectivity index (χ3v) is 29.9. The third kappa shape index (κ3) is 19.1. The number of ether oxygens (including phenoxy) is 2. The number of carbonyl (C=O) groups is 2. The number of allylic oxidation sites excluding steroid dienone is 4. The number of aryl methyl sites for hydroxylation is 1. The van der Waals surface area contributed by atoms with E-state index in [9.17, 15) is 26.4 Å². The average molecular weight is 1040 g/mol. The molecule has 0 heterocycles. The van der Waals surface area contributed by atoms with Crippen LogP contribution in [0.25, 0.3) is 0 Å². The topological polar surface area (TPSA) is 164 Å². The van der Waals surface area contributed by atoms with Crippen molar-refractivity contribution in [2.75, 3.05) is 40.4 Å². The maximum Gasteiger partial charge on any atom is 0.350 e. The molecule has 366 valence electrons. The first-order valence-electron chi connectivity index (χ1n) is 21.6. The molecule has 0 amide bonds. The van der Waals surface area contributed by atoms with Gasteiger partial charge in [0.15, 0.2) is 26.4 Å². The van der Waals surface area contributed by atoms with Crippen molar-refractivity contribution >= 4 is 73.9 Å². The first kappa shape index (κ1) is 58.4. The van der Waals surface area contributed by atoms with E-state index < -0.39 is 83.7 Å². The highest BCUT2D eigenvalue weighted by atomic mass is 32.2. The predicted octanol–water partition coefficient (Wildman–Crippen LogP) is 8.80. The molecule has 0 saturated heterocycles. The van der Waals surface area contributed by atoms with Gasteiger partial charge in [-0.15, -0.1) is 0 Å². The van der Waals surface area contributed by atoms with Gasteiger partial charge in [-0.2, -0.15) is 0 Å². The Bertz CT molecular complexity index is 2360. The highest BCUT2D eigenvalue weighted by molar-refractivity contribution is 7.96. The fourth-order valence-electron chi connectivity index (χ4n) is 6.53. The maximum atomic E-state index is 13.5. The highest BCUT2D eigenvalue weighted by Crippen LogP contribution is 2.31. The van der Waals surface area contributed by atoms with E-state index in [-0.39, 0.29) is 29.5 Å². The molecule has 0 aliphatic carbocycles. The summed E-state index contributed by atoms with van der Waals surface area (Å²) in [5.41, 5.74) is 2.84. The van der Waals surface area contributed by atoms with Gasteiger partial charge in [0.2, 0.25) is 19.7 Å². The molecule has 0 radical (unpaired) electrons. The molecule has 2 aromatic carbocycles. The van der Waals surface area contributed by atoms with Crippen molar-refractivity contribution in [3.05, 3.63) is 130 Å². The Balaban J connectivity index is 2.53. The number of likely N-dealkylation sites (N-methyl/N-ethyl adjacent to an activating group) is 2. The minimum Gasteiger partial charge on any atom is -0.462 e. The molecule has 0 spiro atoms. The Kier molecular flexibility index (Phi) is 21.7. The molecule has 0 aliphatic rings. The summed E-state index contributed by atoms with van der Waals surface area (Å²) in [5, 5.41) is 0.664. The van der Waals surface area contributed by atoms with E-state index >= 15 is 0 Å². The monoisotopic (exact) mass is 1040 g/mol. The highest BCUT2D eigenvalue weighted by Gasteiger charge is 2.50. The molecule has 2 rings (SSSR count). The molecule has 0 bridgehead atoms. The van der Waals surface area contributed by atoms with Crippen LogP contribution in [0.5, 0.6) is 0 Å². The minimum atomic E-state index is -4.18. The van der Waals surface area contributed by atoms with E-state index in [0.29, 0.717) is 11.7 Å². The van der Waals surface area contributed by atoms with E-state index in [0.717, 1.165) is 5.56 Å². The molecule has 2 unspecified atom stereocenters. The first-order valence-corrected chi connectivity index (χ1v) is 38.9. The van der Waals surface area contributed by atoms with Crippen LogP contribution in [0, 0.1) is 6.92 Å². The second-order valence-electron chi connectivity index (χ2n) is 18.2. The van der Waals surface area contributed by atoms with Gasteiger partial charge in [0, 0.05) is 27.2 Å². The van der Waals surface area contributed by atoms with E-state index in [2.05, 4.69) is 45.9 Å². The fraction of sp³-hybridized carbons (Fsp3) is 0.422. The lowest BCUT2D eigenvalue weighted by Gasteiger charge is -2.44. The van der Waals surface area contributed by atoms with E-state index in [1.54, 1.807) is 68.5 Å². The molecule has 0 saturated carbocycles. The summed E-state index contributed by atoms with van der Waals surface area (Å²) >= 11 is 0. The van der Waals surface area contributed by atoms with Crippen LogP contribution >= 0.6 is 0 Å². The number of nitrogens with zero attached hydrogens (tertiary/aromatic N) is 2. The SMILES string of the molecule is C=C(CN(C)C=CC=C(C(=O)OCC)S(=O)(=O)c1ccccc1)[Si](C)(O[Si](C)(C)O[Si](C)(C)C)O[Si](C)(C=CCN(C)C=CC=C(C(=O)OCC)S(=O)(=O)c1ccc(C)cc1)O[Si](C)(C)C. The van der Waals surface area contributed by atoms with Crippen LogP contribution in [0.15, 0.2) is 134 Å². The number of carbonyl (C=O) groups excluding carboxylic acids is 2. The lowest BCUT2D eigenvalue weighted by molar-refractivity contribution is -0.138. The molecule has 66 heavy (non-hydrogen) atoms. The number of benzene rings is 2. The second-order valence-corrected chi connectivity index (χ2v) is 41.5. The Morgan fingerprint density at radius 3 is 1.55 bits per heavy atom. The Labute approximate surface area is 400 Å². The van der Waals surface area contributed by atoms with Crippen LogP contribution in [-0.4, -0.2) is 121 Å².